The summed E-state index contributed by atoms with van der Waals surface area (Å²) in [6.07, 6.45) is 7.77. The Morgan fingerprint density at radius 3 is 2.10 bits per heavy atom. The van der Waals surface area contributed by atoms with Crippen molar-refractivity contribution in [1.82, 2.24) is 0 Å². The first-order valence-corrected chi connectivity index (χ1v) is 3.23. The molecule has 10 heavy (non-hydrogen) atoms. The van der Waals surface area contributed by atoms with Gasteiger partial charge in [-0.05, 0) is 13.8 Å². The Bertz CT molecular complexity index is 127. The molecule has 0 radical (unpaired) electrons. The van der Waals surface area contributed by atoms with Gasteiger partial charge >= 0.3 is 0 Å². The zero-order chi connectivity index (χ0) is 8.41. The highest BCUT2D eigenvalue weighted by Gasteiger charge is 1.70. The first-order chi connectivity index (χ1) is 4.81. The van der Waals surface area contributed by atoms with Gasteiger partial charge in [-0.25, -0.2) is 0 Å². The van der Waals surface area contributed by atoms with Crippen molar-refractivity contribution in [3.63, 3.8) is 0 Å². The molecule has 0 saturated heterocycles. The van der Waals surface area contributed by atoms with Gasteiger partial charge in [-0.3, -0.25) is 0 Å². The van der Waals surface area contributed by atoms with Crippen LogP contribution in [0.1, 0.15) is 13.8 Å². The smallest absolute Gasteiger partial charge is 0.0401 e. The molecule has 0 spiro atoms. The summed E-state index contributed by atoms with van der Waals surface area (Å²) in [6, 6.07) is 0. The quantitative estimate of drug-likeness (QED) is 0.402. The van der Waals surface area contributed by atoms with Gasteiger partial charge < -0.3 is 0 Å². The van der Waals surface area contributed by atoms with E-state index in [1.54, 1.807) is 6.08 Å². The molecule has 0 aromatic carbocycles. The Hall–Kier alpha value is -1.04. The van der Waals surface area contributed by atoms with Crippen molar-refractivity contribution in [1.29, 1.82) is 0 Å². The summed E-state index contributed by atoms with van der Waals surface area (Å²) in [5.74, 6) is 0. The van der Waals surface area contributed by atoms with Crippen LogP contribution in [-0.2, 0) is 0 Å². The fourth-order valence-corrected chi connectivity index (χ4v) is 0.316. The molecule has 0 aliphatic rings. The predicted molar refractivity (Wildman–Crippen MR) is 50.0 cm³/mol. The van der Waals surface area contributed by atoms with Crippen molar-refractivity contribution in [2.75, 3.05) is 0 Å². The zero-order valence-corrected chi connectivity index (χ0v) is 6.93. The van der Waals surface area contributed by atoms with Crippen molar-refractivity contribution in [3.05, 3.63) is 49.6 Å². The second-order valence-corrected chi connectivity index (χ2v) is 1.63. The lowest BCUT2D eigenvalue weighted by Crippen LogP contribution is -1.60. The Kier molecular flexibility index (Phi) is 12.7. The van der Waals surface area contributed by atoms with Crippen LogP contribution in [0, 0.1) is 0 Å². The van der Waals surface area contributed by atoms with Gasteiger partial charge in [0.1, 0.15) is 0 Å². The minimum atomic E-state index is 1.27. The van der Waals surface area contributed by atoms with E-state index in [1.165, 1.54) is 5.57 Å². The minimum absolute atomic E-state index is 1.27. The van der Waals surface area contributed by atoms with E-state index in [4.69, 9.17) is 0 Å². The molecule has 0 aromatic rings. The summed E-state index contributed by atoms with van der Waals surface area (Å²) < 4.78 is 0. The molecule has 0 unspecified atom stereocenters. The number of rotatable bonds is 2. The van der Waals surface area contributed by atoms with Crippen molar-refractivity contribution in [2.24, 2.45) is 0 Å². The van der Waals surface area contributed by atoms with Crippen molar-refractivity contribution >= 4 is 0 Å². The second-order valence-electron chi connectivity index (χ2n) is 1.63. The Morgan fingerprint density at radius 1 is 1.30 bits per heavy atom. The number of hydrogen-bond acceptors (Lipinski definition) is 0. The second kappa shape index (κ2) is 10.9. The first kappa shape index (κ1) is 11.7. The summed E-state index contributed by atoms with van der Waals surface area (Å²) in [5.41, 5.74) is 1.27. The third-order valence-electron chi connectivity index (χ3n) is 0.951. The van der Waals surface area contributed by atoms with Gasteiger partial charge in [-0.1, -0.05) is 36.5 Å². The molecule has 0 N–H and O–H groups in total. The summed E-state index contributed by atoms with van der Waals surface area (Å²) in [6.45, 7) is 13.6. The van der Waals surface area contributed by atoms with Crippen molar-refractivity contribution in [3.8, 4) is 0 Å². The summed E-state index contributed by atoms with van der Waals surface area (Å²) in [7, 11) is 0. The van der Waals surface area contributed by atoms with E-state index in [2.05, 4.69) is 32.7 Å². The van der Waals surface area contributed by atoms with E-state index >= 15 is 0 Å². The summed E-state index contributed by atoms with van der Waals surface area (Å²) >= 11 is 0. The minimum Gasteiger partial charge on any atom is -0.106 e. The van der Waals surface area contributed by atoms with Crippen molar-refractivity contribution in [2.45, 2.75) is 13.8 Å². The lowest BCUT2D eigenvalue weighted by atomic mass is 10.3. The van der Waals surface area contributed by atoms with Crippen LogP contribution in [0.25, 0.3) is 0 Å². The van der Waals surface area contributed by atoms with Crippen LogP contribution in [0.3, 0.4) is 0 Å². The van der Waals surface area contributed by atoms with Crippen LogP contribution in [0.2, 0.25) is 0 Å². The lowest BCUT2D eigenvalue weighted by Gasteiger charge is -1.82. The monoisotopic (exact) mass is 136 g/mol. The molecule has 0 heterocycles. The topological polar surface area (TPSA) is 0 Å². The average Bonchev–Trinajstić information content (AvgIpc) is 2.04. The Balaban J connectivity index is 0. The van der Waals surface area contributed by atoms with E-state index in [-0.39, 0.29) is 0 Å². The van der Waals surface area contributed by atoms with Crippen LogP contribution in [0.15, 0.2) is 49.6 Å². The van der Waals surface area contributed by atoms with Crippen LogP contribution < -0.4 is 0 Å². The highest BCUT2D eigenvalue weighted by molar-refractivity contribution is 5.18. The van der Waals surface area contributed by atoms with E-state index in [0.717, 1.165) is 0 Å². The van der Waals surface area contributed by atoms with Crippen LogP contribution in [0.5, 0.6) is 0 Å². The van der Waals surface area contributed by atoms with E-state index in [9.17, 15) is 0 Å². The SMILES string of the molecule is C=C.C=C/C=C\C(C)=C/C. The van der Waals surface area contributed by atoms with Gasteiger partial charge in [0.25, 0.3) is 0 Å². The van der Waals surface area contributed by atoms with Gasteiger partial charge in [0.05, 0.1) is 0 Å². The van der Waals surface area contributed by atoms with Crippen LogP contribution >= 0.6 is 0 Å². The average molecular weight is 136 g/mol. The molecule has 0 amide bonds. The molecule has 0 fully saturated rings. The lowest BCUT2D eigenvalue weighted by molar-refractivity contribution is 1.48. The molecule has 0 saturated carbocycles. The predicted octanol–water partition coefficient (Wildman–Crippen LogP) is 3.50. The summed E-state index contributed by atoms with van der Waals surface area (Å²) in [5, 5.41) is 0. The molecule has 0 aliphatic heterocycles. The van der Waals surface area contributed by atoms with Gasteiger partial charge in [0, 0.05) is 0 Å². The van der Waals surface area contributed by atoms with E-state index in [0.29, 0.717) is 0 Å². The summed E-state index contributed by atoms with van der Waals surface area (Å²) in [4.78, 5) is 0. The third-order valence-corrected chi connectivity index (χ3v) is 0.951. The fourth-order valence-electron chi connectivity index (χ4n) is 0.316. The Labute approximate surface area is 64.3 Å². The van der Waals surface area contributed by atoms with Gasteiger partial charge in [-0.15, -0.1) is 13.2 Å². The molecule has 0 aliphatic carbocycles. The third kappa shape index (κ3) is 10.0. The number of hydrogen-bond donors (Lipinski definition) is 0. The fraction of sp³-hybridized carbons (Fsp3) is 0.200. The van der Waals surface area contributed by atoms with Gasteiger partial charge in [-0.2, -0.15) is 0 Å². The highest BCUT2D eigenvalue weighted by Crippen LogP contribution is 1.92. The molecule has 0 heteroatoms. The molecule has 0 atom stereocenters. The maximum Gasteiger partial charge on any atom is -0.0401 e. The molecular formula is C10H16. The zero-order valence-electron chi connectivity index (χ0n) is 6.93. The molecule has 0 rings (SSSR count). The first-order valence-electron chi connectivity index (χ1n) is 3.23. The molecule has 0 nitrogen and oxygen atoms in total. The maximum absolute atomic E-state index is 3.55. The molecule has 56 valence electrons. The largest absolute Gasteiger partial charge is 0.106 e. The molecular weight excluding hydrogens is 120 g/mol. The Morgan fingerprint density at radius 2 is 1.80 bits per heavy atom. The van der Waals surface area contributed by atoms with Gasteiger partial charge in [0.2, 0.25) is 0 Å². The van der Waals surface area contributed by atoms with Crippen molar-refractivity contribution < 1.29 is 0 Å². The van der Waals surface area contributed by atoms with E-state index < -0.39 is 0 Å². The standard InChI is InChI=1S/C8H12.C2H4/c1-4-6-7-8(3)5-2;1-2/h4-7H,1H2,2-3H3;1-2H2/b7-6-,8-5-;. The van der Waals surface area contributed by atoms with Crippen LogP contribution in [0.4, 0.5) is 0 Å². The van der Waals surface area contributed by atoms with Gasteiger partial charge in [0.15, 0.2) is 0 Å². The molecule has 0 aromatic heterocycles. The maximum atomic E-state index is 3.55. The highest BCUT2D eigenvalue weighted by atomic mass is 13.8. The van der Waals surface area contributed by atoms with E-state index in [1.807, 2.05) is 19.1 Å². The number of allylic oxidation sites excluding steroid dienone is 5. The molecule has 0 bridgehead atoms. The normalized spacial score (nSPS) is 10.4. The van der Waals surface area contributed by atoms with Crippen LogP contribution in [-0.4, -0.2) is 0 Å².